The highest BCUT2D eigenvalue weighted by atomic mass is 35.5. The van der Waals surface area contributed by atoms with Crippen LogP contribution in [0, 0.1) is 5.92 Å². The fraction of sp³-hybridized carbons (Fsp3) is 0.471. The van der Waals surface area contributed by atoms with Gasteiger partial charge in [-0.05, 0) is 30.9 Å². The number of amides is 3. The summed E-state index contributed by atoms with van der Waals surface area (Å²) in [7, 11) is 0. The number of fused-ring (bicyclic) bond motifs is 1. The number of hydrogen-bond donors (Lipinski definition) is 1. The monoisotopic (exact) mass is 368 g/mol. The molecule has 0 spiro atoms. The Morgan fingerprint density at radius 1 is 1.12 bits per heavy atom. The molecule has 7 heteroatoms. The lowest BCUT2D eigenvalue weighted by Crippen LogP contribution is -2.46. The number of rotatable bonds is 3. The number of carbonyl (C=O) groups excluding carboxylic acids is 3. The van der Waals surface area contributed by atoms with Crippen molar-refractivity contribution in [3.63, 3.8) is 0 Å². The van der Waals surface area contributed by atoms with Crippen molar-refractivity contribution in [1.82, 2.24) is 10.2 Å². The zero-order valence-electron chi connectivity index (χ0n) is 13.3. The molecule has 1 aliphatic heterocycles. The average Bonchev–Trinajstić information content (AvgIpc) is 2.75. The number of halogens is 2. The lowest BCUT2D eigenvalue weighted by Gasteiger charge is -2.30. The quantitative estimate of drug-likeness (QED) is 0.832. The maximum absolute atomic E-state index is 12.4. The Balaban J connectivity index is 1.71. The normalized spacial score (nSPS) is 23.4. The second-order valence-electron chi connectivity index (χ2n) is 6.44. The molecule has 0 aromatic heterocycles. The molecule has 1 saturated carbocycles. The first-order valence-electron chi connectivity index (χ1n) is 8.03. The molecule has 1 heterocycles. The molecule has 0 bridgehead atoms. The summed E-state index contributed by atoms with van der Waals surface area (Å²) in [6.07, 6.45) is 4.27. The fourth-order valence-corrected chi connectivity index (χ4v) is 3.68. The minimum absolute atomic E-state index is 0.102. The molecule has 3 amide bonds. The van der Waals surface area contributed by atoms with E-state index in [1.807, 2.05) is 0 Å². The Bertz CT molecular complexity index is 679. The summed E-state index contributed by atoms with van der Waals surface area (Å²) in [6.45, 7) is 1.82. The van der Waals surface area contributed by atoms with Crippen LogP contribution in [-0.4, -0.2) is 35.2 Å². The van der Waals surface area contributed by atoms with Gasteiger partial charge in [0.15, 0.2) is 0 Å². The van der Waals surface area contributed by atoms with Crippen LogP contribution < -0.4 is 5.32 Å². The standard InChI is InChI=1S/C17H18Cl2N2O3/c1-9-4-2-3-5-14(9)20-15(22)8-21-16(23)10-6-12(18)13(19)7-11(10)17(21)24/h6-7,9,14H,2-5,8H2,1H3,(H,20,22)/t9-,14-/m0/s1. The summed E-state index contributed by atoms with van der Waals surface area (Å²) >= 11 is 11.8. The molecule has 24 heavy (non-hydrogen) atoms. The van der Waals surface area contributed by atoms with Crippen LogP contribution in [0.4, 0.5) is 0 Å². The predicted molar refractivity (Wildman–Crippen MR) is 91.4 cm³/mol. The van der Waals surface area contributed by atoms with Gasteiger partial charge >= 0.3 is 0 Å². The van der Waals surface area contributed by atoms with Crippen LogP contribution in [0.3, 0.4) is 0 Å². The Hall–Kier alpha value is -1.59. The van der Waals surface area contributed by atoms with E-state index in [0.717, 1.165) is 24.2 Å². The summed E-state index contributed by atoms with van der Waals surface area (Å²) in [5.41, 5.74) is 0.376. The van der Waals surface area contributed by atoms with Crippen LogP contribution >= 0.6 is 23.2 Å². The summed E-state index contributed by atoms with van der Waals surface area (Å²) < 4.78 is 0. The van der Waals surface area contributed by atoms with Crippen molar-refractivity contribution in [2.45, 2.75) is 38.6 Å². The van der Waals surface area contributed by atoms with Crippen molar-refractivity contribution in [2.75, 3.05) is 6.54 Å². The molecule has 5 nitrogen and oxygen atoms in total. The van der Waals surface area contributed by atoms with E-state index in [-0.39, 0.29) is 39.7 Å². The Labute approximate surface area is 150 Å². The van der Waals surface area contributed by atoms with E-state index >= 15 is 0 Å². The third-order valence-corrected chi connectivity index (χ3v) is 5.49. The van der Waals surface area contributed by atoms with Crippen molar-refractivity contribution in [3.8, 4) is 0 Å². The van der Waals surface area contributed by atoms with Crippen LogP contribution in [0.15, 0.2) is 12.1 Å². The van der Waals surface area contributed by atoms with Gasteiger partial charge in [0, 0.05) is 6.04 Å². The van der Waals surface area contributed by atoms with E-state index in [2.05, 4.69) is 12.2 Å². The summed E-state index contributed by atoms with van der Waals surface area (Å²) in [5.74, 6) is -0.941. The van der Waals surface area contributed by atoms with Crippen molar-refractivity contribution < 1.29 is 14.4 Å². The Morgan fingerprint density at radius 2 is 1.67 bits per heavy atom. The average molecular weight is 369 g/mol. The molecular formula is C17H18Cl2N2O3. The molecule has 2 aliphatic rings. The summed E-state index contributed by atoms with van der Waals surface area (Å²) in [4.78, 5) is 38.0. The molecule has 1 aliphatic carbocycles. The summed E-state index contributed by atoms with van der Waals surface area (Å²) in [5, 5.41) is 3.36. The van der Waals surface area contributed by atoms with Crippen molar-refractivity contribution in [1.29, 1.82) is 0 Å². The first-order chi connectivity index (χ1) is 11.4. The molecule has 1 fully saturated rings. The maximum atomic E-state index is 12.4. The number of carbonyl (C=O) groups is 3. The van der Waals surface area contributed by atoms with E-state index in [1.54, 1.807) is 0 Å². The van der Waals surface area contributed by atoms with E-state index < -0.39 is 11.8 Å². The number of benzene rings is 1. The molecule has 1 aromatic carbocycles. The van der Waals surface area contributed by atoms with Gasteiger partial charge in [-0.15, -0.1) is 0 Å². The van der Waals surface area contributed by atoms with E-state index in [4.69, 9.17) is 23.2 Å². The lowest BCUT2D eigenvalue weighted by atomic mass is 9.86. The third kappa shape index (κ3) is 3.15. The summed E-state index contributed by atoms with van der Waals surface area (Å²) in [6, 6.07) is 2.85. The first kappa shape index (κ1) is 17.2. The van der Waals surface area contributed by atoms with E-state index in [0.29, 0.717) is 5.92 Å². The van der Waals surface area contributed by atoms with Crippen LogP contribution in [0.1, 0.15) is 53.3 Å². The Kier molecular flexibility index (Phi) is 4.83. The molecule has 2 atom stereocenters. The number of nitrogens with one attached hydrogen (secondary N) is 1. The van der Waals surface area contributed by atoms with Crippen molar-refractivity contribution in [2.24, 2.45) is 5.92 Å². The van der Waals surface area contributed by atoms with Crippen molar-refractivity contribution >= 4 is 40.9 Å². The SMILES string of the molecule is C[C@H]1CCCC[C@@H]1NC(=O)CN1C(=O)c2cc(Cl)c(Cl)cc2C1=O. The Morgan fingerprint density at radius 3 is 2.21 bits per heavy atom. The maximum Gasteiger partial charge on any atom is 0.262 e. The molecule has 128 valence electrons. The largest absolute Gasteiger partial charge is 0.352 e. The highest BCUT2D eigenvalue weighted by molar-refractivity contribution is 6.43. The second kappa shape index (κ2) is 6.73. The first-order valence-corrected chi connectivity index (χ1v) is 8.78. The van der Waals surface area contributed by atoms with Gasteiger partial charge in [0.2, 0.25) is 5.91 Å². The molecule has 0 saturated heterocycles. The van der Waals surface area contributed by atoms with E-state index in [9.17, 15) is 14.4 Å². The topological polar surface area (TPSA) is 66.5 Å². The number of nitrogens with zero attached hydrogens (tertiary/aromatic N) is 1. The number of imide groups is 1. The van der Waals surface area contributed by atoms with Gasteiger partial charge in [0.05, 0.1) is 21.2 Å². The minimum atomic E-state index is -0.514. The van der Waals surface area contributed by atoms with E-state index in [1.165, 1.54) is 18.6 Å². The predicted octanol–water partition coefficient (Wildman–Crippen LogP) is 3.28. The van der Waals surface area contributed by atoms with Crippen molar-refractivity contribution in [3.05, 3.63) is 33.3 Å². The molecule has 1 aromatic rings. The fourth-order valence-electron chi connectivity index (χ4n) is 3.35. The molecule has 1 N–H and O–H groups in total. The van der Waals surface area contributed by atoms with Gasteiger partial charge in [-0.1, -0.05) is 43.0 Å². The smallest absolute Gasteiger partial charge is 0.262 e. The van der Waals surface area contributed by atoms with Crippen LogP contribution in [0.25, 0.3) is 0 Å². The van der Waals surface area contributed by atoms with Gasteiger partial charge in [-0.25, -0.2) is 0 Å². The van der Waals surface area contributed by atoms with Gasteiger partial charge in [0.1, 0.15) is 6.54 Å². The lowest BCUT2D eigenvalue weighted by molar-refractivity contribution is -0.122. The van der Waals surface area contributed by atoms with Gasteiger partial charge in [0.25, 0.3) is 11.8 Å². The highest BCUT2D eigenvalue weighted by Gasteiger charge is 2.37. The van der Waals surface area contributed by atoms with Gasteiger partial charge in [-0.2, -0.15) is 0 Å². The highest BCUT2D eigenvalue weighted by Crippen LogP contribution is 2.31. The molecular weight excluding hydrogens is 351 g/mol. The van der Waals surface area contributed by atoms with Gasteiger partial charge < -0.3 is 5.32 Å². The van der Waals surface area contributed by atoms with Gasteiger partial charge in [-0.3, -0.25) is 19.3 Å². The third-order valence-electron chi connectivity index (χ3n) is 4.77. The van der Waals surface area contributed by atoms with Crippen LogP contribution in [-0.2, 0) is 4.79 Å². The van der Waals surface area contributed by atoms with Crippen LogP contribution in [0.2, 0.25) is 10.0 Å². The minimum Gasteiger partial charge on any atom is -0.352 e. The second-order valence-corrected chi connectivity index (χ2v) is 7.26. The molecule has 0 unspecified atom stereocenters. The van der Waals surface area contributed by atoms with Crippen LogP contribution in [0.5, 0.6) is 0 Å². The molecule has 3 rings (SSSR count). The number of hydrogen-bond acceptors (Lipinski definition) is 3. The molecule has 0 radical (unpaired) electrons. The zero-order chi connectivity index (χ0) is 17.4. The zero-order valence-corrected chi connectivity index (χ0v) is 14.8.